The first kappa shape index (κ1) is 16.3. The third-order valence-corrected chi connectivity index (χ3v) is 4.61. The van der Waals surface area contributed by atoms with Gasteiger partial charge in [0.25, 0.3) is 0 Å². The molecular formula is C19H18N2O2S. The van der Waals surface area contributed by atoms with E-state index in [4.69, 9.17) is 4.74 Å². The third kappa shape index (κ3) is 3.51. The van der Waals surface area contributed by atoms with E-state index < -0.39 is 0 Å². The molecule has 0 aliphatic rings. The van der Waals surface area contributed by atoms with Crippen LogP contribution in [-0.2, 0) is 4.79 Å². The molecule has 4 nitrogen and oxygen atoms in total. The summed E-state index contributed by atoms with van der Waals surface area (Å²) in [7, 11) is 0. The molecule has 24 heavy (non-hydrogen) atoms. The maximum absolute atomic E-state index is 11.9. The summed E-state index contributed by atoms with van der Waals surface area (Å²) in [5.74, 6) is 0.196. The number of para-hydroxylation sites is 1. The molecule has 122 valence electrons. The van der Waals surface area contributed by atoms with E-state index in [0.717, 1.165) is 21.2 Å². The molecule has 1 heterocycles. The predicted octanol–water partition coefficient (Wildman–Crippen LogP) is 4.65. The van der Waals surface area contributed by atoms with Crippen LogP contribution in [0.1, 0.15) is 19.0 Å². The standard InChI is InChI=1S/C19H18N2O2S/c1-3-17(22)23-19-18(24-16-12-8-5-9-13-16)14(2)20-21(19)15-10-6-4-7-11-15/h4-13H,3H2,1-2H3. The molecule has 1 aromatic heterocycles. The average molecular weight is 338 g/mol. The SMILES string of the molecule is CCC(=O)Oc1c(Sc2ccccc2)c(C)nn1-c1ccccc1. The summed E-state index contributed by atoms with van der Waals surface area (Å²) >= 11 is 1.55. The minimum Gasteiger partial charge on any atom is -0.406 e. The number of carbonyl (C=O) groups is 1. The first-order valence-corrected chi connectivity index (χ1v) is 8.59. The number of carbonyl (C=O) groups excluding carboxylic acids is 1. The lowest BCUT2D eigenvalue weighted by Crippen LogP contribution is -2.10. The van der Waals surface area contributed by atoms with E-state index >= 15 is 0 Å². The van der Waals surface area contributed by atoms with Crippen LogP contribution >= 0.6 is 11.8 Å². The van der Waals surface area contributed by atoms with E-state index in [0.29, 0.717) is 12.3 Å². The number of hydrogen-bond donors (Lipinski definition) is 0. The summed E-state index contributed by atoms with van der Waals surface area (Å²) in [5, 5.41) is 4.58. The fourth-order valence-electron chi connectivity index (χ4n) is 2.23. The summed E-state index contributed by atoms with van der Waals surface area (Å²) in [6, 6.07) is 19.7. The van der Waals surface area contributed by atoms with E-state index in [-0.39, 0.29) is 5.97 Å². The highest BCUT2D eigenvalue weighted by Gasteiger charge is 2.21. The van der Waals surface area contributed by atoms with E-state index in [2.05, 4.69) is 5.10 Å². The van der Waals surface area contributed by atoms with Crippen LogP contribution in [0.5, 0.6) is 5.88 Å². The molecule has 0 bridgehead atoms. The number of aromatic nitrogens is 2. The number of hydrogen-bond acceptors (Lipinski definition) is 4. The van der Waals surface area contributed by atoms with Gasteiger partial charge in [-0.1, -0.05) is 55.1 Å². The van der Waals surface area contributed by atoms with Crippen molar-refractivity contribution in [3.8, 4) is 11.6 Å². The molecular weight excluding hydrogens is 320 g/mol. The molecule has 0 spiro atoms. The highest BCUT2D eigenvalue weighted by Crippen LogP contribution is 2.39. The fourth-order valence-corrected chi connectivity index (χ4v) is 3.16. The Morgan fingerprint density at radius 3 is 2.33 bits per heavy atom. The normalized spacial score (nSPS) is 10.6. The van der Waals surface area contributed by atoms with Crippen molar-refractivity contribution in [2.45, 2.75) is 30.1 Å². The first-order valence-electron chi connectivity index (χ1n) is 7.77. The van der Waals surface area contributed by atoms with E-state index in [1.807, 2.05) is 67.6 Å². The van der Waals surface area contributed by atoms with Gasteiger partial charge >= 0.3 is 5.97 Å². The Kier molecular flexibility index (Phi) is 5.01. The van der Waals surface area contributed by atoms with Gasteiger partial charge < -0.3 is 4.74 Å². The quantitative estimate of drug-likeness (QED) is 0.635. The monoisotopic (exact) mass is 338 g/mol. The maximum atomic E-state index is 11.9. The summed E-state index contributed by atoms with van der Waals surface area (Å²) < 4.78 is 7.30. The van der Waals surface area contributed by atoms with Gasteiger partial charge in [0.1, 0.15) is 0 Å². The Morgan fingerprint density at radius 1 is 1.08 bits per heavy atom. The van der Waals surface area contributed by atoms with E-state index in [9.17, 15) is 4.79 Å². The number of esters is 1. The second-order valence-corrected chi connectivity index (χ2v) is 6.29. The zero-order valence-corrected chi connectivity index (χ0v) is 14.4. The lowest BCUT2D eigenvalue weighted by molar-refractivity contribution is -0.134. The molecule has 0 aliphatic heterocycles. The van der Waals surface area contributed by atoms with Gasteiger partial charge in [-0.05, 0) is 31.2 Å². The molecule has 0 saturated carbocycles. The van der Waals surface area contributed by atoms with Crippen LogP contribution in [-0.4, -0.2) is 15.7 Å². The Balaban J connectivity index is 2.07. The Hall–Kier alpha value is -2.53. The molecule has 0 unspecified atom stereocenters. The Bertz CT molecular complexity index is 829. The van der Waals surface area contributed by atoms with Crippen LogP contribution in [0.15, 0.2) is 70.5 Å². The molecule has 0 atom stereocenters. The molecule has 0 fully saturated rings. The predicted molar refractivity (Wildman–Crippen MR) is 94.8 cm³/mol. The Labute approximate surface area is 145 Å². The van der Waals surface area contributed by atoms with Crippen LogP contribution in [0.25, 0.3) is 5.69 Å². The van der Waals surface area contributed by atoms with Crippen molar-refractivity contribution in [1.82, 2.24) is 9.78 Å². The van der Waals surface area contributed by atoms with Gasteiger partial charge in [-0.15, -0.1) is 0 Å². The minimum atomic E-state index is -0.276. The number of aryl methyl sites for hydroxylation is 1. The molecule has 3 rings (SSSR count). The molecule has 3 aromatic rings. The van der Waals surface area contributed by atoms with Gasteiger partial charge in [0.2, 0.25) is 5.88 Å². The van der Waals surface area contributed by atoms with Gasteiger partial charge in [0, 0.05) is 11.3 Å². The van der Waals surface area contributed by atoms with Crippen LogP contribution < -0.4 is 4.74 Å². The summed E-state index contributed by atoms with van der Waals surface area (Å²) in [6.07, 6.45) is 0.314. The zero-order chi connectivity index (χ0) is 16.9. The molecule has 0 radical (unpaired) electrons. The molecule has 2 aromatic carbocycles. The number of benzene rings is 2. The van der Waals surface area contributed by atoms with Crippen LogP contribution in [0, 0.1) is 6.92 Å². The van der Waals surface area contributed by atoms with Crippen molar-refractivity contribution in [1.29, 1.82) is 0 Å². The van der Waals surface area contributed by atoms with Crippen LogP contribution in [0.4, 0.5) is 0 Å². The van der Waals surface area contributed by atoms with Crippen LogP contribution in [0.3, 0.4) is 0 Å². The van der Waals surface area contributed by atoms with Crippen molar-refractivity contribution >= 4 is 17.7 Å². The van der Waals surface area contributed by atoms with E-state index in [1.165, 1.54) is 0 Å². The number of ether oxygens (including phenoxy) is 1. The van der Waals surface area contributed by atoms with Crippen molar-refractivity contribution in [3.05, 3.63) is 66.4 Å². The minimum absolute atomic E-state index is 0.276. The summed E-state index contributed by atoms with van der Waals surface area (Å²) in [5.41, 5.74) is 1.69. The third-order valence-electron chi connectivity index (χ3n) is 3.43. The Morgan fingerprint density at radius 2 is 1.71 bits per heavy atom. The summed E-state index contributed by atoms with van der Waals surface area (Å²) in [4.78, 5) is 13.8. The van der Waals surface area contributed by atoms with Crippen molar-refractivity contribution in [3.63, 3.8) is 0 Å². The molecule has 0 N–H and O–H groups in total. The fraction of sp³-hybridized carbons (Fsp3) is 0.158. The second-order valence-electron chi connectivity index (χ2n) is 5.21. The van der Waals surface area contributed by atoms with E-state index in [1.54, 1.807) is 23.4 Å². The lowest BCUT2D eigenvalue weighted by atomic mass is 10.3. The van der Waals surface area contributed by atoms with Crippen molar-refractivity contribution in [2.24, 2.45) is 0 Å². The van der Waals surface area contributed by atoms with Crippen LogP contribution in [0.2, 0.25) is 0 Å². The second kappa shape index (κ2) is 7.36. The topological polar surface area (TPSA) is 44.1 Å². The van der Waals surface area contributed by atoms with Gasteiger partial charge in [0.15, 0.2) is 0 Å². The summed E-state index contributed by atoms with van der Waals surface area (Å²) in [6.45, 7) is 3.70. The largest absolute Gasteiger partial charge is 0.406 e. The van der Waals surface area contributed by atoms with Crippen molar-refractivity contribution in [2.75, 3.05) is 0 Å². The molecule has 0 amide bonds. The van der Waals surface area contributed by atoms with Gasteiger partial charge in [-0.2, -0.15) is 9.78 Å². The molecule has 0 saturated heterocycles. The number of nitrogens with zero attached hydrogens (tertiary/aromatic N) is 2. The lowest BCUT2D eigenvalue weighted by Gasteiger charge is -2.09. The van der Waals surface area contributed by atoms with Gasteiger partial charge in [-0.25, -0.2) is 0 Å². The highest BCUT2D eigenvalue weighted by atomic mass is 32.2. The average Bonchev–Trinajstić information content (AvgIpc) is 2.92. The highest BCUT2D eigenvalue weighted by molar-refractivity contribution is 7.99. The van der Waals surface area contributed by atoms with Gasteiger partial charge in [-0.3, -0.25) is 4.79 Å². The molecule has 0 aliphatic carbocycles. The maximum Gasteiger partial charge on any atom is 0.312 e. The molecule has 5 heteroatoms. The smallest absolute Gasteiger partial charge is 0.312 e. The van der Waals surface area contributed by atoms with Crippen molar-refractivity contribution < 1.29 is 9.53 Å². The first-order chi connectivity index (χ1) is 11.7. The number of rotatable bonds is 5. The van der Waals surface area contributed by atoms with Gasteiger partial charge in [0.05, 0.1) is 16.3 Å². The zero-order valence-electron chi connectivity index (χ0n) is 13.6.